The number of hydrogen-bond donors (Lipinski definition) is 2. The van der Waals surface area contributed by atoms with Crippen LogP contribution in [0.4, 0.5) is 0 Å². The van der Waals surface area contributed by atoms with Gasteiger partial charge in [-0.1, -0.05) is 48.0 Å². The van der Waals surface area contributed by atoms with Gasteiger partial charge in [-0.2, -0.15) is 0 Å². The summed E-state index contributed by atoms with van der Waals surface area (Å²) in [7, 11) is 0. The average Bonchev–Trinajstić information content (AvgIpc) is 2.53. The Morgan fingerprint density at radius 3 is 2.38 bits per heavy atom. The van der Waals surface area contributed by atoms with Gasteiger partial charge >= 0.3 is 0 Å². The zero-order chi connectivity index (χ0) is 16.8. The van der Waals surface area contributed by atoms with Crippen molar-refractivity contribution in [1.82, 2.24) is 5.32 Å². The SMILES string of the molecule is Cc1ccc(C(N)C(=O)NCc2ccccc2OC(C)C)cc1.Cl. The van der Waals surface area contributed by atoms with E-state index in [0.717, 1.165) is 22.4 Å². The maximum atomic E-state index is 12.3. The lowest BCUT2D eigenvalue weighted by molar-refractivity contribution is -0.122. The van der Waals surface area contributed by atoms with Crippen molar-refractivity contribution < 1.29 is 9.53 Å². The molecule has 5 heteroatoms. The van der Waals surface area contributed by atoms with Gasteiger partial charge in [0.1, 0.15) is 11.8 Å². The molecule has 1 unspecified atom stereocenters. The van der Waals surface area contributed by atoms with E-state index in [9.17, 15) is 4.79 Å². The first-order valence-corrected chi connectivity index (χ1v) is 7.82. The van der Waals surface area contributed by atoms with Gasteiger partial charge in [0.25, 0.3) is 0 Å². The van der Waals surface area contributed by atoms with Crippen LogP contribution >= 0.6 is 12.4 Å². The number of carbonyl (C=O) groups excluding carboxylic acids is 1. The predicted molar refractivity (Wildman–Crippen MR) is 99.4 cm³/mol. The van der Waals surface area contributed by atoms with Crippen LogP contribution in [0.1, 0.15) is 36.6 Å². The van der Waals surface area contributed by atoms with Gasteiger partial charge in [0.05, 0.1) is 6.10 Å². The van der Waals surface area contributed by atoms with Crippen molar-refractivity contribution in [2.75, 3.05) is 0 Å². The first-order chi connectivity index (χ1) is 11.0. The Bertz CT molecular complexity index is 657. The first kappa shape index (κ1) is 20.0. The van der Waals surface area contributed by atoms with E-state index in [2.05, 4.69) is 5.32 Å². The van der Waals surface area contributed by atoms with E-state index in [1.165, 1.54) is 0 Å². The van der Waals surface area contributed by atoms with Gasteiger partial charge in [0.2, 0.25) is 5.91 Å². The van der Waals surface area contributed by atoms with Crippen LogP contribution in [0.5, 0.6) is 5.75 Å². The van der Waals surface area contributed by atoms with Crippen LogP contribution in [0.15, 0.2) is 48.5 Å². The first-order valence-electron chi connectivity index (χ1n) is 7.82. The standard InChI is InChI=1S/C19H24N2O2.ClH/c1-13(2)23-17-7-5-4-6-16(17)12-21-19(22)18(20)15-10-8-14(3)9-11-15;/h4-11,13,18H,12,20H2,1-3H3,(H,21,22);1H. The van der Waals surface area contributed by atoms with Gasteiger partial charge in [-0.15, -0.1) is 12.4 Å². The maximum Gasteiger partial charge on any atom is 0.241 e. The summed E-state index contributed by atoms with van der Waals surface area (Å²) >= 11 is 0. The summed E-state index contributed by atoms with van der Waals surface area (Å²) in [5.41, 5.74) is 8.91. The Morgan fingerprint density at radius 2 is 1.75 bits per heavy atom. The van der Waals surface area contributed by atoms with Crippen molar-refractivity contribution >= 4 is 18.3 Å². The molecule has 0 aromatic heterocycles. The molecule has 1 amide bonds. The topological polar surface area (TPSA) is 64.4 Å². The molecule has 0 aliphatic rings. The Balaban J connectivity index is 0.00000288. The highest BCUT2D eigenvalue weighted by molar-refractivity contribution is 5.85. The highest BCUT2D eigenvalue weighted by Crippen LogP contribution is 2.19. The number of aryl methyl sites for hydroxylation is 1. The van der Waals surface area contributed by atoms with Crippen LogP contribution in [0.3, 0.4) is 0 Å². The number of carbonyl (C=O) groups is 1. The van der Waals surface area contributed by atoms with Gasteiger partial charge in [-0.3, -0.25) is 4.79 Å². The molecule has 0 aliphatic carbocycles. The van der Waals surface area contributed by atoms with Crippen molar-refractivity contribution in [3.8, 4) is 5.75 Å². The molecule has 4 nitrogen and oxygen atoms in total. The van der Waals surface area contributed by atoms with E-state index in [1.807, 2.05) is 69.3 Å². The number of nitrogens with two attached hydrogens (primary N) is 1. The zero-order valence-corrected chi connectivity index (χ0v) is 15.1. The van der Waals surface area contributed by atoms with E-state index in [0.29, 0.717) is 6.54 Å². The largest absolute Gasteiger partial charge is 0.491 e. The number of hydrogen-bond acceptors (Lipinski definition) is 3. The average molecular weight is 349 g/mol. The van der Waals surface area contributed by atoms with Crippen LogP contribution in [-0.4, -0.2) is 12.0 Å². The van der Waals surface area contributed by atoms with Crippen LogP contribution in [0, 0.1) is 6.92 Å². The number of benzene rings is 2. The lowest BCUT2D eigenvalue weighted by Gasteiger charge is -2.16. The molecule has 2 aromatic carbocycles. The molecule has 0 bridgehead atoms. The summed E-state index contributed by atoms with van der Waals surface area (Å²) in [5.74, 6) is 0.583. The van der Waals surface area contributed by atoms with E-state index in [1.54, 1.807) is 0 Å². The summed E-state index contributed by atoms with van der Waals surface area (Å²) in [6.45, 7) is 6.34. The normalized spacial score (nSPS) is 11.5. The molecule has 2 aromatic rings. The van der Waals surface area contributed by atoms with Gasteiger partial charge < -0.3 is 15.8 Å². The lowest BCUT2D eigenvalue weighted by atomic mass is 10.1. The maximum absolute atomic E-state index is 12.3. The third kappa shape index (κ3) is 5.55. The molecule has 3 N–H and O–H groups in total. The van der Waals surface area contributed by atoms with E-state index in [4.69, 9.17) is 10.5 Å². The summed E-state index contributed by atoms with van der Waals surface area (Å²) < 4.78 is 5.75. The Kier molecular flexibility index (Phi) is 7.75. The van der Waals surface area contributed by atoms with Crippen LogP contribution in [-0.2, 0) is 11.3 Å². The van der Waals surface area contributed by atoms with Crippen LogP contribution < -0.4 is 15.8 Å². The minimum Gasteiger partial charge on any atom is -0.491 e. The molecule has 1 atom stereocenters. The fourth-order valence-corrected chi connectivity index (χ4v) is 2.24. The second-order valence-electron chi connectivity index (χ2n) is 5.88. The highest BCUT2D eigenvalue weighted by Gasteiger charge is 2.16. The molecule has 0 aliphatic heterocycles. The molecule has 0 heterocycles. The van der Waals surface area contributed by atoms with Crippen LogP contribution in [0.2, 0.25) is 0 Å². The quantitative estimate of drug-likeness (QED) is 0.839. The Morgan fingerprint density at radius 1 is 1.12 bits per heavy atom. The molecular formula is C19H25ClN2O2. The van der Waals surface area contributed by atoms with Crippen molar-refractivity contribution in [3.63, 3.8) is 0 Å². The minimum absolute atomic E-state index is 0. The van der Waals surface area contributed by atoms with Gasteiger partial charge in [-0.05, 0) is 32.4 Å². The smallest absolute Gasteiger partial charge is 0.241 e. The van der Waals surface area contributed by atoms with Crippen molar-refractivity contribution in [2.45, 2.75) is 39.5 Å². The second kappa shape index (κ2) is 9.30. The lowest BCUT2D eigenvalue weighted by Crippen LogP contribution is -2.33. The highest BCUT2D eigenvalue weighted by atomic mass is 35.5. The third-order valence-electron chi connectivity index (χ3n) is 3.51. The molecule has 0 saturated carbocycles. The monoisotopic (exact) mass is 348 g/mol. The molecule has 0 fully saturated rings. The van der Waals surface area contributed by atoms with Crippen LogP contribution in [0.25, 0.3) is 0 Å². The molecular weight excluding hydrogens is 324 g/mol. The third-order valence-corrected chi connectivity index (χ3v) is 3.51. The number of ether oxygens (including phenoxy) is 1. The molecule has 0 radical (unpaired) electrons. The fraction of sp³-hybridized carbons (Fsp3) is 0.316. The second-order valence-corrected chi connectivity index (χ2v) is 5.88. The van der Waals surface area contributed by atoms with Crippen molar-refractivity contribution in [3.05, 3.63) is 65.2 Å². The molecule has 0 saturated heterocycles. The number of para-hydroxylation sites is 1. The molecule has 130 valence electrons. The van der Waals surface area contributed by atoms with E-state index in [-0.39, 0.29) is 24.4 Å². The van der Waals surface area contributed by atoms with Crippen molar-refractivity contribution in [1.29, 1.82) is 0 Å². The fourth-order valence-electron chi connectivity index (χ4n) is 2.24. The van der Waals surface area contributed by atoms with E-state index >= 15 is 0 Å². The summed E-state index contributed by atoms with van der Waals surface area (Å²) in [6.07, 6.45) is 0.0849. The molecule has 24 heavy (non-hydrogen) atoms. The molecule has 2 rings (SSSR count). The number of rotatable bonds is 6. The summed E-state index contributed by atoms with van der Waals surface area (Å²) in [4.78, 5) is 12.3. The van der Waals surface area contributed by atoms with Crippen molar-refractivity contribution in [2.24, 2.45) is 5.73 Å². The number of nitrogens with one attached hydrogen (secondary N) is 1. The van der Waals surface area contributed by atoms with Gasteiger partial charge in [0.15, 0.2) is 0 Å². The predicted octanol–water partition coefficient (Wildman–Crippen LogP) is 3.52. The van der Waals surface area contributed by atoms with Gasteiger partial charge in [-0.25, -0.2) is 0 Å². The van der Waals surface area contributed by atoms with Gasteiger partial charge in [0, 0.05) is 12.1 Å². The summed E-state index contributed by atoms with van der Waals surface area (Å²) in [5, 5.41) is 2.88. The summed E-state index contributed by atoms with van der Waals surface area (Å²) in [6, 6.07) is 14.7. The minimum atomic E-state index is -0.672. The number of amides is 1. The number of halogens is 1. The Labute approximate surface area is 149 Å². The molecule has 0 spiro atoms. The van der Waals surface area contributed by atoms with E-state index < -0.39 is 6.04 Å². The zero-order valence-electron chi connectivity index (χ0n) is 14.3. The Hall–Kier alpha value is -2.04.